The van der Waals surface area contributed by atoms with Crippen molar-refractivity contribution in [3.8, 4) is 23.0 Å². The minimum atomic E-state index is -3.01. The van der Waals surface area contributed by atoms with E-state index >= 15 is 0 Å². The number of anilines is 1. The number of ether oxygens (including phenoxy) is 2. The molecule has 0 radical (unpaired) electrons. The van der Waals surface area contributed by atoms with Crippen LogP contribution in [0.1, 0.15) is 47.6 Å². The van der Waals surface area contributed by atoms with Crippen molar-refractivity contribution < 1.29 is 32.3 Å². The van der Waals surface area contributed by atoms with Crippen molar-refractivity contribution in [2.24, 2.45) is 17.4 Å². The summed E-state index contributed by atoms with van der Waals surface area (Å²) in [5.74, 6) is -0.375. The molecule has 1 aliphatic rings. The van der Waals surface area contributed by atoms with Crippen LogP contribution in [0.5, 0.6) is 11.5 Å². The fourth-order valence-electron chi connectivity index (χ4n) is 3.46. The molecule has 0 spiro atoms. The van der Waals surface area contributed by atoms with Crippen LogP contribution in [0, 0.1) is 5.92 Å². The van der Waals surface area contributed by atoms with Gasteiger partial charge in [0.2, 0.25) is 11.8 Å². The van der Waals surface area contributed by atoms with Gasteiger partial charge in [-0.25, -0.2) is 4.98 Å². The maximum Gasteiger partial charge on any atom is 0.387 e. The molecule has 0 saturated heterocycles. The summed E-state index contributed by atoms with van der Waals surface area (Å²) in [6.07, 6.45) is 2.13. The van der Waals surface area contributed by atoms with Crippen molar-refractivity contribution in [3.05, 3.63) is 59.5 Å². The van der Waals surface area contributed by atoms with Gasteiger partial charge in [-0.3, -0.25) is 9.59 Å². The highest BCUT2D eigenvalue weighted by molar-refractivity contribution is 6.04. The molecule has 1 saturated carbocycles. The number of carbonyl (C=O) groups excluding carboxylic acids is 2. The Kier molecular flexibility index (Phi) is 9.06. The van der Waals surface area contributed by atoms with Gasteiger partial charge in [0.15, 0.2) is 23.0 Å². The van der Waals surface area contributed by atoms with Crippen molar-refractivity contribution >= 4 is 29.9 Å². The van der Waals surface area contributed by atoms with E-state index in [1.54, 1.807) is 31.2 Å². The normalized spacial score (nSPS) is 13.5. The van der Waals surface area contributed by atoms with E-state index in [1.165, 1.54) is 18.2 Å². The van der Waals surface area contributed by atoms with Crippen molar-refractivity contribution in [2.75, 3.05) is 11.9 Å². The standard InChI is InChI=1S/C25H26F2N4O5.ClH/c1-13(28)22-21(23(33)30-17-7-4-14(5-8-17)10-20(29)32)31-24(36-22)16-6-9-18(35-25(26)27)19(11-16)34-12-15-2-3-15;/h4-9,11,13,15,25H,2-3,10,12,28H2,1H3,(H2,29,32)(H,30,33);1H/t13-;/m0./s1. The molecule has 2 amide bonds. The molecule has 1 fully saturated rings. The van der Waals surface area contributed by atoms with Gasteiger partial charge in [0, 0.05) is 11.3 Å². The van der Waals surface area contributed by atoms with E-state index in [1.807, 2.05) is 0 Å². The fraction of sp³-hybridized carbons (Fsp3) is 0.320. The van der Waals surface area contributed by atoms with Gasteiger partial charge in [-0.1, -0.05) is 12.1 Å². The number of primary amides is 1. The van der Waals surface area contributed by atoms with Gasteiger partial charge in [-0.2, -0.15) is 8.78 Å². The second kappa shape index (κ2) is 12.0. The van der Waals surface area contributed by atoms with Crippen molar-refractivity contribution in [1.29, 1.82) is 0 Å². The van der Waals surface area contributed by atoms with Gasteiger partial charge in [0.05, 0.1) is 19.1 Å². The number of aromatic nitrogens is 1. The molecule has 1 aliphatic carbocycles. The summed E-state index contributed by atoms with van der Waals surface area (Å²) in [4.78, 5) is 28.4. The van der Waals surface area contributed by atoms with Crippen LogP contribution in [0.15, 0.2) is 46.9 Å². The summed E-state index contributed by atoms with van der Waals surface area (Å²) in [6.45, 7) is -0.986. The number of hydrogen-bond donors (Lipinski definition) is 3. The number of alkyl halides is 2. The van der Waals surface area contributed by atoms with Gasteiger partial charge < -0.3 is 30.7 Å². The van der Waals surface area contributed by atoms with Crippen LogP contribution in [0.4, 0.5) is 14.5 Å². The molecule has 1 heterocycles. The monoisotopic (exact) mass is 536 g/mol. The molecule has 5 N–H and O–H groups in total. The highest BCUT2D eigenvalue weighted by atomic mass is 35.5. The number of nitrogens with zero attached hydrogens (tertiary/aromatic N) is 1. The number of rotatable bonds is 11. The quantitative estimate of drug-likeness (QED) is 0.328. The van der Waals surface area contributed by atoms with Crippen LogP contribution < -0.4 is 26.3 Å². The number of oxazole rings is 1. The predicted molar refractivity (Wildman–Crippen MR) is 134 cm³/mol. The van der Waals surface area contributed by atoms with E-state index in [2.05, 4.69) is 15.0 Å². The zero-order valence-electron chi connectivity index (χ0n) is 19.9. The minimum absolute atomic E-state index is 0. The van der Waals surface area contributed by atoms with Gasteiger partial charge >= 0.3 is 6.61 Å². The number of hydrogen-bond acceptors (Lipinski definition) is 7. The lowest BCUT2D eigenvalue weighted by Gasteiger charge is -2.12. The van der Waals surface area contributed by atoms with Crippen LogP contribution in [0.25, 0.3) is 11.5 Å². The van der Waals surface area contributed by atoms with Crippen LogP contribution in [0.2, 0.25) is 0 Å². The van der Waals surface area contributed by atoms with E-state index in [0.717, 1.165) is 12.8 Å². The first-order valence-electron chi connectivity index (χ1n) is 11.4. The lowest BCUT2D eigenvalue weighted by molar-refractivity contribution is -0.117. The maximum atomic E-state index is 13.0. The third-order valence-corrected chi connectivity index (χ3v) is 5.45. The Morgan fingerprint density at radius 1 is 1.16 bits per heavy atom. The fourth-order valence-corrected chi connectivity index (χ4v) is 3.46. The highest BCUT2D eigenvalue weighted by Crippen LogP contribution is 2.37. The number of benzene rings is 2. The van der Waals surface area contributed by atoms with Gasteiger partial charge in [-0.15, -0.1) is 12.4 Å². The molecule has 9 nitrogen and oxygen atoms in total. The molecule has 4 rings (SSSR count). The van der Waals surface area contributed by atoms with Crippen LogP contribution >= 0.6 is 12.4 Å². The predicted octanol–water partition coefficient (Wildman–Crippen LogP) is 4.45. The topological polar surface area (TPSA) is 143 Å². The maximum absolute atomic E-state index is 13.0. The molecule has 2 aromatic carbocycles. The second-order valence-electron chi connectivity index (χ2n) is 8.61. The number of nitrogens with two attached hydrogens (primary N) is 2. The Bertz CT molecular complexity index is 1250. The highest BCUT2D eigenvalue weighted by Gasteiger charge is 2.26. The number of amides is 2. The lowest BCUT2D eigenvalue weighted by atomic mass is 10.1. The zero-order chi connectivity index (χ0) is 25.8. The molecule has 3 aromatic rings. The van der Waals surface area contributed by atoms with E-state index in [-0.39, 0.29) is 47.7 Å². The number of carbonyl (C=O) groups is 2. The Hall–Kier alpha value is -3.70. The summed E-state index contributed by atoms with van der Waals surface area (Å²) < 4.78 is 41.8. The van der Waals surface area contributed by atoms with E-state index < -0.39 is 24.5 Å². The van der Waals surface area contributed by atoms with Crippen molar-refractivity contribution in [3.63, 3.8) is 0 Å². The molecule has 1 aromatic heterocycles. The summed E-state index contributed by atoms with van der Waals surface area (Å²) >= 11 is 0. The average molecular weight is 537 g/mol. The zero-order valence-corrected chi connectivity index (χ0v) is 20.7. The SMILES string of the molecule is C[C@H](N)c1oc(-c2ccc(OC(F)F)c(OCC3CC3)c2)nc1C(=O)Nc1ccc(CC(N)=O)cc1.Cl. The number of halogens is 3. The Labute approximate surface area is 217 Å². The van der Waals surface area contributed by atoms with Gasteiger partial charge in [-0.05, 0) is 61.6 Å². The first-order valence-corrected chi connectivity index (χ1v) is 11.4. The molecule has 12 heteroatoms. The molecular formula is C25H27ClF2N4O5. The summed E-state index contributed by atoms with van der Waals surface area (Å²) in [5.41, 5.74) is 12.8. The molecule has 198 valence electrons. The molecule has 37 heavy (non-hydrogen) atoms. The summed E-state index contributed by atoms with van der Waals surface area (Å²) in [6, 6.07) is 10.3. The van der Waals surface area contributed by atoms with Crippen molar-refractivity contribution in [1.82, 2.24) is 4.98 Å². The third-order valence-electron chi connectivity index (χ3n) is 5.45. The molecular weight excluding hydrogens is 510 g/mol. The second-order valence-corrected chi connectivity index (χ2v) is 8.61. The van der Waals surface area contributed by atoms with Crippen molar-refractivity contribution in [2.45, 2.75) is 38.8 Å². The molecule has 1 atom stereocenters. The smallest absolute Gasteiger partial charge is 0.387 e. The Morgan fingerprint density at radius 2 is 1.86 bits per heavy atom. The molecule has 0 aliphatic heterocycles. The molecule has 0 unspecified atom stereocenters. The van der Waals surface area contributed by atoms with E-state index in [9.17, 15) is 18.4 Å². The largest absolute Gasteiger partial charge is 0.489 e. The van der Waals surface area contributed by atoms with Crippen LogP contribution in [-0.4, -0.2) is 30.0 Å². The lowest BCUT2D eigenvalue weighted by Crippen LogP contribution is -2.17. The molecule has 0 bridgehead atoms. The van der Waals surface area contributed by atoms with Crippen LogP contribution in [0.3, 0.4) is 0 Å². The minimum Gasteiger partial charge on any atom is -0.489 e. The Balaban J connectivity index is 0.00000380. The van der Waals surface area contributed by atoms with E-state index in [4.69, 9.17) is 20.6 Å². The Morgan fingerprint density at radius 3 is 2.46 bits per heavy atom. The first-order chi connectivity index (χ1) is 17.2. The summed E-state index contributed by atoms with van der Waals surface area (Å²) in [5, 5.41) is 2.72. The average Bonchev–Trinajstić information content (AvgIpc) is 3.53. The van der Waals surface area contributed by atoms with Gasteiger partial charge in [0.25, 0.3) is 5.91 Å². The van der Waals surface area contributed by atoms with Gasteiger partial charge in [0.1, 0.15) is 0 Å². The van der Waals surface area contributed by atoms with E-state index in [0.29, 0.717) is 29.3 Å². The number of nitrogens with one attached hydrogen (secondary N) is 1. The first kappa shape index (κ1) is 27.9. The third kappa shape index (κ3) is 7.40. The van der Waals surface area contributed by atoms with Crippen LogP contribution in [-0.2, 0) is 11.2 Å². The summed E-state index contributed by atoms with van der Waals surface area (Å²) in [7, 11) is 0.